The lowest BCUT2D eigenvalue weighted by Gasteiger charge is -2.30. The SMILES string of the molecule is CCC(CC)(CN)Cc1ccc(C)c(C)c1. The molecule has 0 spiro atoms. The molecule has 0 amide bonds. The molecule has 0 saturated heterocycles. The van der Waals surface area contributed by atoms with Crippen molar-refractivity contribution in [3.63, 3.8) is 0 Å². The van der Waals surface area contributed by atoms with E-state index < -0.39 is 0 Å². The Kier molecular flexibility index (Phi) is 4.55. The number of aryl methyl sites for hydroxylation is 2. The first-order valence-electron chi connectivity index (χ1n) is 6.33. The van der Waals surface area contributed by atoms with Gasteiger partial charge in [-0.25, -0.2) is 0 Å². The maximum Gasteiger partial charge on any atom is -0.00175 e. The van der Waals surface area contributed by atoms with Crippen molar-refractivity contribution in [2.24, 2.45) is 11.1 Å². The normalized spacial score (nSPS) is 11.8. The third-order valence-electron chi connectivity index (χ3n) is 4.08. The summed E-state index contributed by atoms with van der Waals surface area (Å²) in [6.45, 7) is 9.62. The van der Waals surface area contributed by atoms with Crippen molar-refractivity contribution in [3.8, 4) is 0 Å². The summed E-state index contributed by atoms with van der Waals surface area (Å²) >= 11 is 0. The molecule has 0 aliphatic rings. The zero-order chi connectivity index (χ0) is 12.2. The lowest BCUT2D eigenvalue weighted by Crippen LogP contribution is -2.31. The van der Waals surface area contributed by atoms with E-state index in [4.69, 9.17) is 5.73 Å². The molecule has 0 fully saturated rings. The van der Waals surface area contributed by atoms with E-state index in [9.17, 15) is 0 Å². The highest BCUT2D eigenvalue weighted by atomic mass is 14.6. The predicted molar refractivity (Wildman–Crippen MR) is 71.7 cm³/mol. The molecule has 0 radical (unpaired) electrons. The van der Waals surface area contributed by atoms with Crippen molar-refractivity contribution in [1.82, 2.24) is 0 Å². The minimum Gasteiger partial charge on any atom is -0.330 e. The standard InChI is InChI=1S/C15H25N/c1-5-15(6-2,11-16)10-14-8-7-12(3)13(4)9-14/h7-9H,5-6,10-11,16H2,1-4H3. The minimum atomic E-state index is 0.293. The lowest BCUT2D eigenvalue weighted by atomic mass is 9.77. The Balaban J connectivity index is 2.89. The van der Waals surface area contributed by atoms with Gasteiger partial charge in [-0.3, -0.25) is 0 Å². The van der Waals surface area contributed by atoms with E-state index in [1.807, 2.05) is 0 Å². The number of nitrogens with two attached hydrogens (primary N) is 1. The summed E-state index contributed by atoms with van der Waals surface area (Å²) in [7, 11) is 0. The molecule has 2 N–H and O–H groups in total. The van der Waals surface area contributed by atoms with E-state index in [1.165, 1.54) is 16.7 Å². The summed E-state index contributed by atoms with van der Waals surface area (Å²) in [5.74, 6) is 0. The van der Waals surface area contributed by atoms with Crippen LogP contribution in [0.1, 0.15) is 43.4 Å². The van der Waals surface area contributed by atoms with Gasteiger partial charge in [-0.05, 0) is 61.8 Å². The number of rotatable bonds is 5. The highest BCUT2D eigenvalue weighted by Gasteiger charge is 2.24. The van der Waals surface area contributed by atoms with Gasteiger partial charge in [0.1, 0.15) is 0 Å². The maximum absolute atomic E-state index is 5.94. The number of hydrogen-bond donors (Lipinski definition) is 1. The summed E-state index contributed by atoms with van der Waals surface area (Å²) in [5, 5.41) is 0. The summed E-state index contributed by atoms with van der Waals surface area (Å²) in [6, 6.07) is 6.78. The van der Waals surface area contributed by atoms with Crippen LogP contribution in [0.3, 0.4) is 0 Å². The molecule has 1 rings (SSSR count). The van der Waals surface area contributed by atoms with Gasteiger partial charge in [0.25, 0.3) is 0 Å². The van der Waals surface area contributed by atoms with Crippen LogP contribution < -0.4 is 5.73 Å². The quantitative estimate of drug-likeness (QED) is 0.804. The van der Waals surface area contributed by atoms with Crippen molar-refractivity contribution < 1.29 is 0 Å². The van der Waals surface area contributed by atoms with Crippen LogP contribution in [0.4, 0.5) is 0 Å². The van der Waals surface area contributed by atoms with E-state index in [1.54, 1.807) is 0 Å². The van der Waals surface area contributed by atoms with Crippen LogP contribution in [0.25, 0.3) is 0 Å². The van der Waals surface area contributed by atoms with Crippen LogP contribution in [0.2, 0.25) is 0 Å². The minimum absolute atomic E-state index is 0.293. The van der Waals surface area contributed by atoms with E-state index >= 15 is 0 Å². The second-order valence-electron chi connectivity index (χ2n) is 5.01. The monoisotopic (exact) mass is 219 g/mol. The molecule has 0 saturated carbocycles. The Bertz CT molecular complexity index is 329. The average molecular weight is 219 g/mol. The van der Waals surface area contributed by atoms with Crippen LogP contribution in [0.15, 0.2) is 18.2 Å². The highest BCUT2D eigenvalue weighted by Crippen LogP contribution is 2.30. The van der Waals surface area contributed by atoms with Gasteiger partial charge in [0, 0.05) is 0 Å². The summed E-state index contributed by atoms with van der Waals surface area (Å²) < 4.78 is 0. The average Bonchev–Trinajstić information content (AvgIpc) is 2.31. The molecular weight excluding hydrogens is 194 g/mol. The van der Waals surface area contributed by atoms with Crippen molar-refractivity contribution in [2.75, 3.05) is 6.54 Å². The molecule has 0 aromatic heterocycles. The Labute approximate surface area is 100 Å². The van der Waals surface area contributed by atoms with E-state index in [2.05, 4.69) is 45.9 Å². The van der Waals surface area contributed by atoms with Crippen LogP contribution in [0, 0.1) is 19.3 Å². The van der Waals surface area contributed by atoms with Gasteiger partial charge in [-0.1, -0.05) is 32.0 Å². The first-order valence-corrected chi connectivity index (χ1v) is 6.33. The first-order chi connectivity index (χ1) is 7.56. The van der Waals surface area contributed by atoms with Gasteiger partial charge in [-0.15, -0.1) is 0 Å². The van der Waals surface area contributed by atoms with Gasteiger partial charge in [0.15, 0.2) is 0 Å². The topological polar surface area (TPSA) is 26.0 Å². The molecule has 0 bridgehead atoms. The third-order valence-corrected chi connectivity index (χ3v) is 4.08. The van der Waals surface area contributed by atoms with Crippen LogP contribution in [-0.2, 0) is 6.42 Å². The van der Waals surface area contributed by atoms with E-state index in [0.717, 1.165) is 25.8 Å². The van der Waals surface area contributed by atoms with Crippen LogP contribution in [-0.4, -0.2) is 6.54 Å². The van der Waals surface area contributed by atoms with Crippen molar-refractivity contribution in [2.45, 2.75) is 47.0 Å². The summed E-state index contributed by atoms with van der Waals surface area (Å²) in [5.41, 5.74) is 10.4. The van der Waals surface area contributed by atoms with Gasteiger partial charge >= 0.3 is 0 Å². The zero-order valence-electron chi connectivity index (χ0n) is 11.1. The van der Waals surface area contributed by atoms with Crippen LogP contribution >= 0.6 is 0 Å². The van der Waals surface area contributed by atoms with Gasteiger partial charge in [0.2, 0.25) is 0 Å². The molecule has 1 heteroatoms. The van der Waals surface area contributed by atoms with Crippen LogP contribution in [0.5, 0.6) is 0 Å². The highest BCUT2D eigenvalue weighted by molar-refractivity contribution is 5.30. The number of hydrogen-bond acceptors (Lipinski definition) is 1. The van der Waals surface area contributed by atoms with Gasteiger partial charge in [0.05, 0.1) is 0 Å². The van der Waals surface area contributed by atoms with Crippen molar-refractivity contribution in [1.29, 1.82) is 0 Å². The molecule has 0 unspecified atom stereocenters. The Hall–Kier alpha value is -0.820. The van der Waals surface area contributed by atoms with Crippen molar-refractivity contribution >= 4 is 0 Å². The summed E-state index contributed by atoms with van der Waals surface area (Å²) in [6.07, 6.45) is 3.43. The Morgan fingerprint density at radius 2 is 1.69 bits per heavy atom. The molecule has 1 aromatic rings. The first kappa shape index (κ1) is 13.2. The van der Waals surface area contributed by atoms with E-state index in [-0.39, 0.29) is 0 Å². The molecule has 0 atom stereocenters. The fraction of sp³-hybridized carbons (Fsp3) is 0.600. The fourth-order valence-corrected chi connectivity index (χ4v) is 2.21. The second kappa shape index (κ2) is 5.49. The van der Waals surface area contributed by atoms with Gasteiger partial charge in [-0.2, -0.15) is 0 Å². The largest absolute Gasteiger partial charge is 0.330 e. The fourth-order valence-electron chi connectivity index (χ4n) is 2.21. The number of benzene rings is 1. The Morgan fingerprint density at radius 3 is 2.12 bits per heavy atom. The molecule has 16 heavy (non-hydrogen) atoms. The third kappa shape index (κ3) is 2.85. The van der Waals surface area contributed by atoms with Gasteiger partial charge < -0.3 is 5.73 Å². The molecule has 0 aliphatic carbocycles. The van der Waals surface area contributed by atoms with Crippen molar-refractivity contribution in [3.05, 3.63) is 34.9 Å². The molecule has 0 heterocycles. The lowest BCUT2D eigenvalue weighted by molar-refractivity contribution is 0.271. The van der Waals surface area contributed by atoms with E-state index in [0.29, 0.717) is 5.41 Å². The molecule has 1 nitrogen and oxygen atoms in total. The molecule has 90 valence electrons. The molecular formula is C15H25N. The zero-order valence-corrected chi connectivity index (χ0v) is 11.1. The predicted octanol–water partition coefficient (Wildman–Crippen LogP) is 3.61. The Morgan fingerprint density at radius 1 is 1.06 bits per heavy atom. The maximum atomic E-state index is 5.94. The summed E-state index contributed by atoms with van der Waals surface area (Å²) in [4.78, 5) is 0. The molecule has 0 aliphatic heterocycles. The molecule has 1 aromatic carbocycles. The smallest absolute Gasteiger partial charge is 0.00175 e. The second-order valence-corrected chi connectivity index (χ2v) is 5.01.